The van der Waals surface area contributed by atoms with Crippen LogP contribution in [0.25, 0.3) is 0 Å². The first kappa shape index (κ1) is 17.9. The van der Waals surface area contributed by atoms with E-state index in [2.05, 4.69) is 15.6 Å². The van der Waals surface area contributed by atoms with Gasteiger partial charge in [-0.2, -0.15) is 0 Å². The predicted molar refractivity (Wildman–Crippen MR) is 94.9 cm³/mol. The number of pyridine rings is 1. The summed E-state index contributed by atoms with van der Waals surface area (Å²) in [6.07, 6.45) is 2.22. The number of aromatic nitrogens is 1. The van der Waals surface area contributed by atoms with Crippen LogP contribution in [0.1, 0.15) is 36.2 Å². The standard InChI is InChI=1S/C18H20ClN3O2/c1-3-12(2)17(23)22-15-6-4-5-13(9-15)10-21-18(24)14-7-8-16(19)20-11-14/h4-9,11-12H,3,10H2,1-2H3,(H,21,24)(H,22,23). The quantitative estimate of drug-likeness (QED) is 0.785. The van der Waals surface area contributed by atoms with Gasteiger partial charge in [-0.3, -0.25) is 9.59 Å². The van der Waals surface area contributed by atoms with E-state index in [1.807, 2.05) is 38.1 Å². The number of halogens is 1. The maximum atomic E-state index is 12.1. The van der Waals surface area contributed by atoms with Gasteiger partial charge in [0.05, 0.1) is 5.56 Å². The number of hydrogen-bond acceptors (Lipinski definition) is 3. The molecule has 1 aromatic carbocycles. The second kappa shape index (κ2) is 8.45. The van der Waals surface area contributed by atoms with Crippen molar-refractivity contribution >= 4 is 29.1 Å². The number of hydrogen-bond donors (Lipinski definition) is 2. The van der Waals surface area contributed by atoms with Gasteiger partial charge in [-0.1, -0.05) is 37.6 Å². The molecule has 0 aliphatic carbocycles. The van der Waals surface area contributed by atoms with Gasteiger partial charge in [-0.05, 0) is 36.2 Å². The summed E-state index contributed by atoms with van der Waals surface area (Å²) in [5, 5.41) is 6.04. The summed E-state index contributed by atoms with van der Waals surface area (Å²) in [7, 11) is 0. The second-order valence-electron chi connectivity index (χ2n) is 5.55. The molecule has 0 aliphatic heterocycles. The third-order valence-corrected chi connectivity index (χ3v) is 3.92. The Hall–Kier alpha value is -2.40. The van der Waals surface area contributed by atoms with Gasteiger partial charge in [0.15, 0.2) is 0 Å². The average Bonchev–Trinajstić information content (AvgIpc) is 2.59. The monoisotopic (exact) mass is 345 g/mol. The Morgan fingerprint density at radius 2 is 2.04 bits per heavy atom. The lowest BCUT2D eigenvalue weighted by Crippen LogP contribution is -2.23. The predicted octanol–water partition coefficient (Wildman–Crippen LogP) is 3.65. The molecule has 5 nitrogen and oxygen atoms in total. The van der Waals surface area contributed by atoms with Crippen molar-refractivity contribution in [2.75, 3.05) is 5.32 Å². The van der Waals surface area contributed by atoms with Crippen molar-refractivity contribution in [2.24, 2.45) is 5.92 Å². The summed E-state index contributed by atoms with van der Waals surface area (Å²) < 4.78 is 0. The van der Waals surface area contributed by atoms with Crippen LogP contribution in [-0.2, 0) is 11.3 Å². The summed E-state index contributed by atoms with van der Waals surface area (Å²) in [4.78, 5) is 27.9. The van der Waals surface area contributed by atoms with E-state index in [9.17, 15) is 9.59 Å². The maximum absolute atomic E-state index is 12.1. The molecular formula is C18H20ClN3O2. The van der Waals surface area contributed by atoms with E-state index in [0.717, 1.165) is 17.7 Å². The summed E-state index contributed by atoms with van der Waals surface area (Å²) in [5.41, 5.74) is 2.06. The molecule has 2 rings (SSSR count). The van der Waals surface area contributed by atoms with Crippen molar-refractivity contribution in [3.8, 4) is 0 Å². The van der Waals surface area contributed by atoms with Crippen molar-refractivity contribution in [2.45, 2.75) is 26.8 Å². The first-order valence-electron chi connectivity index (χ1n) is 7.79. The molecule has 1 heterocycles. The zero-order chi connectivity index (χ0) is 17.5. The zero-order valence-corrected chi connectivity index (χ0v) is 14.4. The molecule has 2 amide bonds. The molecule has 0 aliphatic rings. The Kier molecular flexibility index (Phi) is 6.32. The lowest BCUT2D eigenvalue weighted by atomic mass is 10.1. The molecule has 1 unspecified atom stereocenters. The topological polar surface area (TPSA) is 71.1 Å². The van der Waals surface area contributed by atoms with Crippen molar-refractivity contribution in [1.29, 1.82) is 0 Å². The molecule has 2 aromatic rings. The summed E-state index contributed by atoms with van der Waals surface area (Å²) in [5.74, 6) is -0.273. The van der Waals surface area contributed by atoms with E-state index < -0.39 is 0 Å². The fraction of sp³-hybridized carbons (Fsp3) is 0.278. The van der Waals surface area contributed by atoms with E-state index in [0.29, 0.717) is 17.3 Å². The molecule has 24 heavy (non-hydrogen) atoms. The molecule has 0 bridgehead atoms. The second-order valence-corrected chi connectivity index (χ2v) is 5.94. The first-order chi connectivity index (χ1) is 11.5. The highest BCUT2D eigenvalue weighted by Gasteiger charge is 2.11. The molecule has 126 valence electrons. The number of nitrogens with zero attached hydrogens (tertiary/aromatic N) is 1. The third-order valence-electron chi connectivity index (χ3n) is 3.70. The number of anilines is 1. The maximum Gasteiger partial charge on any atom is 0.253 e. The van der Waals surface area contributed by atoms with Gasteiger partial charge in [0.1, 0.15) is 5.15 Å². The number of benzene rings is 1. The Bertz CT molecular complexity index is 716. The third kappa shape index (κ3) is 5.06. The largest absolute Gasteiger partial charge is 0.348 e. The Labute approximate surface area is 146 Å². The number of nitrogens with one attached hydrogen (secondary N) is 2. The van der Waals surface area contributed by atoms with Gasteiger partial charge in [-0.15, -0.1) is 0 Å². The van der Waals surface area contributed by atoms with Crippen LogP contribution in [0, 0.1) is 5.92 Å². The SMILES string of the molecule is CCC(C)C(=O)Nc1cccc(CNC(=O)c2ccc(Cl)nc2)c1. The number of carbonyl (C=O) groups excluding carboxylic acids is 2. The molecule has 6 heteroatoms. The van der Waals surface area contributed by atoms with Gasteiger partial charge in [-0.25, -0.2) is 4.98 Å². The van der Waals surface area contributed by atoms with Crippen LogP contribution >= 0.6 is 11.6 Å². The van der Waals surface area contributed by atoms with Gasteiger partial charge in [0, 0.05) is 24.3 Å². The lowest BCUT2D eigenvalue weighted by Gasteiger charge is -2.11. The van der Waals surface area contributed by atoms with E-state index in [1.54, 1.807) is 12.1 Å². The minimum Gasteiger partial charge on any atom is -0.348 e. The van der Waals surface area contributed by atoms with Crippen LogP contribution in [0.15, 0.2) is 42.6 Å². The highest BCUT2D eigenvalue weighted by molar-refractivity contribution is 6.29. The zero-order valence-electron chi connectivity index (χ0n) is 13.7. The molecule has 1 atom stereocenters. The molecule has 1 aromatic heterocycles. The normalized spacial score (nSPS) is 11.6. The highest BCUT2D eigenvalue weighted by Crippen LogP contribution is 2.13. The molecule has 0 saturated heterocycles. The summed E-state index contributed by atoms with van der Waals surface area (Å²) in [6, 6.07) is 10.6. The van der Waals surface area contributed by atoms with Crippen LogP contribution in [0.3, 0.4) is 0 Å². The van der Waals surface area contributed by atoms with Crippen molar-refractivity contribution in [1.82, 2.24) is 10.3 Å². The summed E-state index contributed by atoms with van der Waals surface area (Å²) >= 11 is 5.70. The van der Waals surface area contributed by atoms with Crippen LogP contribution in [0.2, 0.25) is 5.15 Å². The molecule has 0 saturated carbocycles. The Balaban J connectivity index is 1.95. The van der Waals surface area contributed by atoms with E-state index in [4.69, 9.17) is 11.6 Å². The van der Waals surface area contributed by atoms with Gasteiger partial charge in [0.2, 0.25) is 5.91 Å². The average molecular weight is 346 g/mol. The van der Waals surface area contributed by atoms with Crippen LogP contribution in [-0.4, -0.2) is 16.8 Å². The fourth-order valence-corrected chi connectivity index (χ4v) is 2.12. The highest BCUT2D eigenvalue weighted by atomic mass is 35.5. The first-order valence-corrected chi connectivity index (χ1v) is 8.17. The molecule has 2 N–H and O–H groups in total. The van der Waals surface area contributed by atoms with Crippen molar-refractivity contribution < 1.29 is 9.59 Å². The van der Waals surface area contributed by atoms with Gasteiger partial charge in [0.25, 0.3) is 5.91 Å². The number of amides is 2. The molecule has 0 spiro atoms. The molecule has 0 fully saturated rings. The summed E-state index contributed by atoms with van der Waals surface area (Å²) in [6.45, 7) is 4.22. The van der Waals surface area contributed by atoms with E-state index in [-0.39, 0.29) is 17.7 Å². The smallest absolute Gasteiger partial charge is 0.253 e. The van der Waals surface area contributed by atoms with Crippen LogP contribution in [0.5, 0.6) is 0 Å². The molecule has 0 radical (unpaired) electrons. The van der Waals surface area contributed by atoms with Crippen molar-refractivity contribution in [3.05, 3.63) is 58.9 Å². The van der Waals surface area contributed by atoms with Gasteiger partial charge < -0.3 is 10.6 Å². The molecular weight excluding hydrogens is 326 g/mol. The minimum absolute atomic E-state index is 0.00840. The van der Waals surface area contributed by atoms with Crippen LogP contribution < -0.4 is 10.6 Å². The van der Waals surface area contributed by atoms with Crippen molar-refractivity contribution in [3.63, 3.8) is 0 Å². The van der Waals surface area contributed by atoms with E-state index >= 15 is 0 Å². The lowest BCUT2D eigenvalue weighted by molar-refractivity contribution is -0.119. The minimum atomic E-state index is -0.229. The van der Waals surface area contributed by atoms with Crippen LogP contribution in [0.4, 0.5) is 5.69 Å². The van der Waals surface area contributed by atoms with Gasteiger partial charge >= 0.3 is 0 Å². The Morgan fingerprint density at radius 1 is 1.25 bits per heavy atom. The number of carbonyl (C=O) groups is 2. The Morgan fingerprint density at radius 3 is 2.71 bits per heavy atom. The number of rotatable bonds is 6. The van der Waals surface area contributed by atoms with E-state index in [1.165, 1.54) is 6.20 Å². The fourth-order valence-electron chi connectivity index (χ4n) is 2.00.